The van der Waals surface area contributed by atoms with E-state index in [1.807, 2.05) is 0 Å². The first-order chi connectivity index (χ1) is 7.56. The Balaban J connectivity index is 2.05. The van der Waals surface area contributed by atoms with Crippen LogP contribution in [0.2, 0.25) is 5.15 Å². The summed E-state index contributed by atoms with van der Waals surface area (Å²) in [5.41, 5.74) is -0.0358. The van der Waals surface area contributed by atoms with Crippen molar-refractivity contribution in [3.63, 3.8) is 0 Å². The molecule has 0 aromatic carbocycles. The zero-order valence-corrected chi connectivity index (χ0v) is 9.57. The fourth-order valence-electron chi connectivity index (χ4n) is 1.60. The lowest BCUT2D eigenvalue weighted by molar-refractivity contribution is -0.384. The van der Waals surface area contributed by atoms with Crippen molar-refractivity contribution in [1.29, 1.82) is 0 Å². The van der Waals surface area contributed by atoms with Gasteiger partial charge in [-0.15, -0.1) is 0 Å². The smallest absolute Gasteiger partial charge is 0.276 e. The van der Waals surface area contributed by atoms with Crippen LogP contribution < -0.4 is 5.32 Å². The summed E-state index contributed by atoms with van der Waals surface area (Å²) in [6.45, 7) is 2.98. The van der Waals surface area contributed by atoms with Crippen molar-refractivity contribution in [2.24, 2.45) is 11.8 Å². The number of pyridine rings is 1. The fourth-order valence-corrected chi connectivity index (χ4v) is 1.80. The van der Waals surface area contributed by atoms with E-state index in [0.29, 0.717) is 11.7 Å². The minimum Gasteiger partial charge on any atom is -0.370 e. The molecule has 1 saturated carbocycles. The second-order valence-corrected chi connectivity index (χ2v) is 4.53. The van der Waals surface area contributed by atoms with Crippen molar-refractivity contribution in [2.45, 2.75) is 13.3 Å². The standard InChI is InChI=1S/C10H12ClN3O2/c1-6-2-7(6)5-12-10-4-8(14(15)16)3-9(11)13-10/h3-4,6-7H,2,5H2,1H3,(H,12,13). The Morgan fingerprint density at radius 1 is 1.69 bits per heavy atom. The number of nitrogens with zero attached hydrogens (tertiary/aromatic N) is 2. The van der Waals surface area contributed by atoms with E-state index in [9.17, 15) is 10.1 Å². The van der Waals surface area contributed by atoms with Gasteiger partial charge in [0, 0.05) is 6.54 Å². The van der Waals surface area contributed by atoms with Crippen LogP contribution in [-0.4, -0.2) is 16.5 Å². The van der Waals surface area contributed by atoms with Gasteiger partial charge in [-0.1, -0.05) is 18.5 Å². The molecule has 16 heavy (non-hydrogen) atoms. The minimum absolute atomic E-state index is 0.0358. The maximum atomic E-state index is 10.6. The van der Waals surface area contributed by atoms with E-state index in [0.717, 1.165) is 12.5 Å². The summed E-state index contributed by atoms with van der Waals surface area (Å²) in [6.07, 6.45) is 1.20. The number of hydrogen-bond donors (Lipinski definition) is 1. The van der Waals surface area contributed by atoms with Gasteiger partial charge in [0.1, 0.15) is 11.0 Å². The minimum atomic E-state index is -0.474. The Labute approximate surface area is 98.0 Å². The maximum Gasteiger partial charge on any atom is 0.276 e. The molecule has 1 aromatic heterocycles. The molecule has 0 bridgehead atoms. The van der Waals surface area contributed by atoms with Crippen LogP contribution in [0.1, 0.15) is 13.3 Å². The third kappa shape index (κ3) is 2.61. The molecule has 2 atom stereocenters. The van der Waals surface area contributed by atoms with Crippen molar-refractivity contribution in [2.75, 3.05) is 11.9 Å². The predicted octanol–water partition coefficient (Wildman–Crippen LogP) is 2.71. The summed E-state index contributed by atoms with van der Waals surface area (Å²) < 4.78 is 0. The fraction of sp³-hybridized carbons (Fsp3) is 0.500. The summed E-state index contributed by atoms with van der Waals surface area (Å²) in [5.74, 6) is 1.86. The lowest BCUT2D eigenvalue weighted by Crippen LogP contribution is -2.06. The van der Waals surface area contributed by atoms with E-state index >= 15 is 0 Å². The van der Waals surface area contributed by atoms with Crippen LogP contribution in [-0.2, 0) is 0 Å². The van der Waals surface area contributed by atoms with Gasteiger partial charge in [0.05, 0.1) is 17.1 Å². The molecule has 1 aromatic rings. The van der Waals surface area contributed by atoms with Gasteiger partial charge in [0.25, 0.3) is 5.69 Å². The first-order valence-electron chi connectivity index (χ1n) is 5.12. The summed E-state index contributed by atoms with van der Waals surface area (Å²) in [4.78, 5) is 14.1. The zero-order valence-electron chi connectivity index (χ0n) is 8.81. The highest BCUT2D eigenvalue weighted by molar-refractivity contribution is 6.29. The second-order valence-electron chi connectivity index (χ2n) is 4.14. The molecule has 0 aliphatic heterocycles. The number of nitrogens with one attached hydrogen (secondary N) is 1. The van der Waals surface area contributed by atoms with E-state index in [1.165, 1.54) is 18.6 Å². The second kappa shape index (κ2) is 4.25. The van der Waals surface area contributed by atoms with Gasteiger partial charge in [-0.2, -0.15) is 0 Å². The molecule has 1 N–H and O–H groups in total. The van der Waals surface area contributed by atoms with Crippen molar-refractivity contribution in [1.82, 2.24) is 4.98 Å². The Morgan fingerprint density at radius 3 is 2.94 bits per heavy atom. The van der Waals surface area contributed by atoms with E-state index < -0.39 is 4.92 Å². The molecule has 5 nitrogen and oxygen atoms in total. The third-order valence-corrected chi connectivity index (χ3v) is 3.00. The topological polar surface area (TPSA) is 68.1 Å². The van der Waals surface area contributed by atoms with Gasteiger partial charge < -0.3 is 5.32 Å². The van der Waals surface area contributed by atoms with Crippen molar-refractivity contribution in [3.05, 3.63) is 27.4 Å². The maximum absolute atomic E-state index is 10.6. The number of rotatable bonds is 4. The molecule has 86 valence electrons. The van der Waals surface area contributed by atoms with Gasteiger partial charge in [-0.3, -0.25) is 10.1 Å². The monoisotopic (exact) mass is 241 g/mol. The average Bonchev–Trinajstić information content (AvgIpc) is 2.91. The number of anilines is 1. The lowest BCUT2D eigenvalue weighted by Gasteiger charge is -2.04. The summed E-state index contributed by atoms with van der Waals surface area (Å²) in [7, 11) is 0. The molecule has 1 aliphatic rings. The first-order valence-corrected chi connectivity index (χ1v) is 5.50. The SMILES string of the molecule is CC1CC1CNc1cc([N+](=O)[O-])cc(Cl)n1. The Bertz CT molecular complexity index is 425. The number of aromatic nitrogens is 1. The van der Waals surface area contributed by atoms with Crippen LogP contribution in [0.15, 0.2) is 12.1 Å². The molecule has 1 fully saturated rings. The molecule has 1 heterocycles. The molecule has 0 spiro atoms. The van der Waals surface area contributed by atoms with Crippen LogP contribution in [0.4, 0.5) is 11.5 Å². The van der Waals surface area contributed by atoms with Gasteiger partial charge in [-0.05, 0) is 18.3 Å². The Hall–Kier alpha value is -1.36. The molecule has 2 unspecified atom stereocenters. The van der Waals surface area contributed by atoms with Crippen LogP contribution in [0.25, 0.3) is 0 Å². The number of hydrogen-bond acceptors (Lipinski definition) is 4. The zero-order chi connectivity index (χ0) is 11.7. The summed E-state index contributed by atoms with van der Waals surface area (Å²) in [5, 5.41) is 13.8. The Kier molecular flexibility index (Phi) is 2.96. The normalized spacial score (nSPS) is 22.9. The van der Waals surface area contributed by atoms with Crippen LogP contribution >= 0.6 is 11.6 Å². The molecule has 0 saturated heterocycles. The molecule has 1 aliphatic carbocycles. The summed E-state index contributed by atoms with van der Waals surface area (Å²) in [6, 6.07) is 2.64. The van der Waals surface area contributed by atoms with Gasteiger partial charge in [0.15, 0.2) is 0 Å². The first kappa shape index (κ1) is 11.1. The number of halogens is 1. The third-order valence-electron chi connectivity index (χ3n) is 2.81. The van der Waals surface area contributed by atoms with Gasteiger partial charge in [0.2, 0.25) is 0 Å². The van der Waals surface area contributed by atoms with Gasteiger partial charge >= 0.3 is 0 Å². The molecule has 0 amide bonds. The molecule has 0 radical (unpaired) electrons. The van der Waals surface area contributed by atoms with Gasteiger partial charge in [-0.25, -0.2) is 4.98 Å². The van der Waals surface area contributed by atoms with Crippen LogP contribution in [0.3, 0.4) is 0 Å². The van der Waals surface area contributed by atoms with Crippen molar-refractivity contribution >= 4 is 23.1 Å². The lowest BCUT2D eigenvalue weighted by atomic mass is 10.3. The Morgan fingerprint density at radius 2 is 2.38 bits per heavy atom. The molecule has 6 heteroatoms. The predicted molar refractivity (Wildman–Crippen MR) is 61.7 cm³/mol. The van der Waals surface area contributed by atoms with Crippen LogP contribution in [0.5, 0.6) is 0 Å². The van der Waals surface area contributed by atoms with Crippen LogP contribution in [0, 0.1) is 22.0 Å². The molecular weight excluding hydrogens is 230 g/mol. The van der Waals surface area contributed by atoms with E-state index in [-0.39, 0.29) is 10.8 Å². The highest BCUT2D eigenvalue weighted by Gasteiger charge is 2.32. The van der Waals surface area contributed by atoms with E-state index in [2.05, 4.69) is 17.2 Å². The molecular formula is C10H12ClN3O2. The summed E-state index contributed by atoms with van der Waals surface area (Å²) >= 11 is 5.70. The number of nitro groups is 1. The highest BCUT2D eigenvalue weighted by Crippen LogP contribution is 2.37. The highest BCUT2D eigenvalue weighted by atomic mass is 35.5. The average molecular weight is 242 g/mol. The van der Waals surface area contributed by atoms with E-state index in [1.54, 1.807) is 0 Å². The molecule has 2 rings (SSSR count). The largest absolute Gasteiger partial charge is 0.370 e. The quantitative estimate of drug-likeness (QED) is 0.500. The van der Waals surface area contributed by atoms with Crippen molar-refractivity contribution < 1.29 is 4.92 Å². The van der Waals surface area contributed by atoms with E-state index in [4.69, 9.17) is 11.6 Å². The van der Waals surface area contributed by atoms with Crippen molar-refractivity contribution in [3.8, 4) is 0 Å².